The van der Waals surface area contributed by atoms with Crippen molar-refractivity contribution in [3.8, 4) is 0 Å². The summed E-state index contributed by atoms with van der Waals surface area (Å²) < 4.78 is 5.24. The highest BCUT2D eigenvalue weighted by Crippen LogP contribution is 2.29. The molecule has 2 fully saturated rings. The second kappa shape index (κ2) is 8.15. The van der Waals surface area contributed by atoms with Crippen molar-refractivity contribution < 1.29 is 14.3 Å². The van der Waals surface area contributed by atoms with Crippen LogP contribution in [0.4, 0.5) is 4.79 Å². The van der Waals surface area contributed by atoms with Gasteiger partial charge in [0.2, 0.25) is 5.91 Å². The van der Waals surface area contributed by atoms with Crippen LogP contribution in [0.5, 0.6) is 0 Å². The van der Waals surface area contributed by atoms with Gasteiger partial charge in [-0.1, -0.05) is 67.6 Å². The van der Waals surface area contributed by atoms with Crippen LogP contribution in [0.2, 0.25) is 0 Å². The molecule has 5 nitrogen and oxygen atoms in total. The number of hydrogen-bond donors (Lipinski definition) is 0. The van der Waals surface area contributed by atoms with Gasteiger partial charge in [-0.15, -0.1) is 0 Å². The third-order valence-corrected chi connectivity index (χ3v) is 5.77. The van der Waals surface area contributed by atoms with Crippen molar-refractivity contribution in [1.29, 1.82) is 0 Å². The number of imide groups is 1. The summed E-state index contributed by atoms with van der Waals surface area (Å²) in [6, 6.07) is 20.0. The minimum atomic E-state index is -0.500. The van der Waals surface area contributed by atoms with Crippen molar-refractivity contribution in [3.05, 3.63) is 71.8 Å². The Morgan fingerprint density at radius 1 is 1.00 bits per heavy atom. The number of hydrogen-bond acceptors (Lipinski definition) is 4. The van der Waals surface area contributed by atoms with E-state index in [9.17, 15) is 9.59 Å². The molecule has 5 heteroatoms. The van der Waals surface area contributed by atoms with E-state index >= 15 is 0 Å². The third-order valence-electron chi connectivity index (χ3n) is 5.77. The molecule has 0 radical (unpaired) electrons. The van der Waals surface area contributed by atoms with Gasteiger partial charge in [0.15, 0.2) is 0 Å². The number of likely N-dealkylation sites (tertiary alicyclic amines) is 1. The zero-order chi connectivity index (χ0) is 19.5. The lowest BCUT2D eigenvalue weighted by atomic mass is 9.95. The van der Waals surface area contributed by atoms with Gasteiger partial charge in [0.1, 0.15) is 6.61 Å². The zero-order valence-corrected chi connectivity index (χ0v) is 16.2. The number of rotatable bonds is 5. The summed E-state index contributed by atoms with van der Waals surface area (Å²) in [7, 11) is 0. The van der Waals surface area contributed by atoms with Gasteiger partial charge in [-0.05, 0) is 23.5 Å². The number of cyclic esters (lactones) is 1. The Kier molecular flexibility index (Phi) is 5.44. The normalized spacial score (nSPS) is 25.1. The van der Waals surface area contributed by atoms with Crippen LogP contribution in [0.15, 0.2) is 60.7 Å². The van der Waals surface area contributed by atoms with Crippen LogP contribution >= 0.6 is 0 Å². The van der Waals surface area contributed by atoms with Crippen molar-refractivity contribution in [3.63, 3.8) is 0 Å². The smallest absolute Gasteiger partial charge is 0.416 e. The maximum Gasteiger partial charge on any atom is 0.416 e. The molecule has 2 aromatic rings. The predicted octanol–water partition coefficient (Wildman–Crippen LogP) is 3.34. The highest BCUT2D eigenvalue weighted by molar-refractivity contribution is 5.95. The molecule has 2 aromatic carbocycles. The molecule has 0 bridgehead atoms. The Labute approximate surface area is 165 Å². The molecule has 0 aliphatic carbocycles. The first-order chi connectivity index (χ1) is 13.6. The summed E-state index contributed by atoms with van der Waals surface area (Å²) in [5.74, 6) is -0.0545. The van der Waals surface area contributed by atoms with E-state index in [4.69, 9.17) is 4.74 Å². The van der Waals surface area contributed by atoms with Crippen molar-refractivity contribution >= 4 is 12.0 Å². The topological polar surface area (TPSA) is 49.9 Å². The Hall–Kier alpha value is -2.66. The molecule has 0 unspecified atom stereocenters. The van der Waals surface area contributed by atoms with Crippen LogP contribution < -0.4 is 0 Å². The number of amides is 2. The minimum Gasteiger partial charge on any atom is -0.447 e. The maximum atomic E-state index is 13.3. The molecule has 2 heterocycles. The minimum absolute atomic E-state index is 0.0912. The molecule has 2 saturated heterocycles. The standard InChI is InChI=1S/C23H26N2O3/c1-17-13-24(14-19-10-6-3-7-11-19)15-21(17)22(26)25-20(16-28-23(25)27)12-18-8-4-2-5-9-18/h2-11,17,20-21H,12-16H2,1H3/t17-,20+,21+/m1/s1. The third kappa shape index (κ3) is 3.94. The van der Waals surface area contributed by atoms with Crippen molar-refractivity contribution in [2.75, 3.05) is 19.7 Å². The second-order valence-electron chi connectivity index (χ2n) is 7.89. The lowest BCUT2D eigenvalue weighted by Gasteiger charge is -2.24. The van der Waals surface area contributed by atoms with Crippen LogP contribution in [0.3, 0.4) is 0 Å². The van der Waals surface area contributed by atoms with Gasteiger partial charge in [-0.2, -0.15) is 0 Å². The summed E-state index contributed by atoms with van der Waals surface area (Å²) >= 11 is 0. The van der Waals surface area contributed by atoms with E-state index < -0.39 is 6.09 Å². The molecule has 28 heavy (non-hydrogen) atoms. The Morgan fingerprint density at radius 3 is 2.32 bits per heavy atom. The number of ether oxygens (including phenoxy) is 1. The van der Waals surface area contributed by atoms with Crippen molar-refractivity contribution in [1.82, 2.24) is 9.80 Å². The van der Waals surface area contributed by atoms with E-state index in [0.29, 0.717) is 13.0 Å². The molecule has 0 aromatic heterocycles. The summed E-state index contributed by atoms with van der Waals surface area (Å²) in [4.78, 5) is 29.3. The quantitative estimate of drug-likeness (QED) is 0.801. The van der Waals surface area contributed by atoms with E-state index in [2.05, 4.69) is 24.0 Å². The molecule has 0 saturated carbocycles. The van der Waals surface area contributed by atoms with Crippen LogP contribution in [-0.2, 0) is 22.5 Å². The van der Waals surface area contributed by atoms with Crippen LogP contribution in [0.25, 0.3) is 0 Å². The predicted molar refractivity (Wildman–Crippen MR) is 107 cm³/mol. The monoisotopic (exact) mass is 378 g/mol. The van der Waals surface area contributed by atoms with Gasteiger partial charge >= 0.3 is 6.09 Å². The van der Waals surface area contributed by atoms with Crippen LogP contribution in [0.1, 0.15) is 18.1 Å². The number of benzene rings is 2. The Bertz CT molecular complexity index is 824. The first-order valence-corrected chi connectivity index (χ1v) is 9.92. The van der Waals surface area contributed by atoms with Gasteiger partial charge in [0.05, 0.1) is 12.0 Å². The summed E-state index contributed by atoms with van der Waals surface area (Å²) in [6.45, 7) is 4.73. The van der Waals surface area contributed by atoms with Gasteiger partial charge in [0.25, 0.3) is 0 Å². The summed E-state index contributed by atoms with van der Waals surface area (Å²) in [5.41, 5.74) is 2.35. The number of carbonyl (C=O) groups is 2. The van der Waals surface area contributed by atoms with E-state index in [-0.39, 0.29) is 30.4 Å². The zero-order valence-electron chi connectivity index (χ0n) is 16.2. The fraction of sp³-hybridized carbons (Fsp3) is 0.391. The van der Waals surface area contributed by atoms with E-state index in [1.165, 1.54) is 10.5 Å². The fourth-order valence-corrected chi connectivity index (χ4v) is 4.30. The first-order valence-electron chi connectivity index (χ1n) is 9.92. The van der Waals surface area contributed by atoms with Crippen LogP contribution in [-0.4, -0.2) is 47.5 Å². The van der Waals surface area contributed by atoms with Gasteiger partial charge in [-0.25, -0.2) is 9.69 Å². The molecule has 146 valence electrons. The van der Waals surface area contributed by atoms with Crippen molar-refractivity contribution in [2.24, 2.45) is 11.8 Å². The SMILES string of the molecule is C[C@@H]1CN(Cc2ccccc2)C[C@@H]1C(=O)N1C(=O)OC[C@@H]1Cc1ccccc1. The van der Waals surface area contributed by atoms with E-state index in [0.717, 1.165) is 18.7 Å². The molecule has 2 amide bonds. The average molecular weight is 378 g/mol. The highest BCUT2D eigenvalue weighted by Gasteiger charge is 2.44. The van der Waals surface area contributed by atoms with E-state index in [1.807, 2.05) is 48.5 Å². The van der Waals surface area contributed by atoms with Gasteiger partial charge in [0, 0.05) is 19.6 Å². The second-order valence-corrected chi connectivity index (χ2v) is 7.89. The van der Waals surface area contributed by atoms with Gasteiger partial charge < -0.3 is 4.74 Å². The molecular formula is C23H26N2O3. The summed E-state index contributed by atoms with van der Waals surface area (Å²) in [5, 5.41) is 0. The lowest BCUT2D eigenvalue weighted by Crippen LogP contribution is -2.45. The first kappa shape index (κ1) is 18.7. The molecule has 2 aliphatic rings. The molecular weight excluding hydrogens is 352 g/mol. The molecule has 0 spiro atoms. The molecule has 2 aliphatic heterocycles. The molecule has 3 atom stereocenters. The largest absolute Gasteiger partial charge is 0.447 e. The average Bonchev–Trinajstić information content (AvgIpc) is 3.25. The van der Waals surface area contributed by atoms with Gasteiger partial charge in [-0.3, -0.25) is 9.69 Å². The van der Waals surface area contributed by atoms with Crippen molar-refractivity contribution in [2.45, 2.75) is 25.9 Å². The summed E-state index contributed by atoms with van der Waals surface area (Å²) in [6.07, 6.45) is 0.132. The Morgan fingerprint density at radius 2 is 1.64 bits per heavy atom. The molecule has 4 rings (SSSR count). The Balaban J connectivity index is 1.44. The lowest BCUT2D eigenvalue weighted by molar-refractivity contribution is -0.134. The van der Waals surface area contributed by atoms with E-state index in [1.54, 1.807) is 0 Å². The number of carbonyl (C=O) groups excluding carboxylic acids is 2. The highest BCUT2D eigenvalue weighted by atomic mass is 16.6. The maximum absolute atomic E-state index is 13.3. The number of nitrogens with zero attached hydrogens (tertiary/aromatic N) is 2. The van der Waals surface area contributed by atoms with Crippen LogP contribution in [0, 0.1) is 11.8 Å². The molecule has 0 N–H and O–H groups in total. The fourth-order valence-electron chi connectivity index (χ4n) is 4.30.